The van der Waals surface area contributed by atoms with Crippen molar-refractivity contribution in [1.82, 2.24) is 4.98 Å². The van der Waals surface area contributed by atoms with Gasteiger partial charge < -0.3 is 4.74 Å². The molecule has 1 aliphatic rings. The van der Waals surface area contributed by atoms with E-state index in [1.165, 1.54) is 11.3 Å². The summed E-state index contributed by atoms with van der Waals surface area (Å²) in [6.45, 7) is 0.0392. The van der Waals surface area contributed by atoms with Crippen molar-refractivity contribution in [2.24, 2.45) is 5.92 Å². The number of thiazole rings is 1. The van der Waals surface area contributed by atoms with Crippen LogP contribution >= 0.6 is 11.3 Å². The van der Waals surface area contributed by atoms with Gasteiger partial charge in [0.15, 0.2) is 5.78 Å². The van der Waals surface area contributed by atoms with Crippen molar-refractivity contribution in [2.75, 3.05) is 0 Å². The first kappa shape index (κ1) is 27.5. The van der Waals surface area contributed by atoms with Crippen LogP contribution in [0.4, 0.5) is 13.2 Å². The summed E-state index contributed by atoms with van der Waals surface area (Å²) < 4.78 is 42.7. The highest BCUT2D eigenvalue weighted by Crippen LogP contribution is 2.34. The number of alkyl halides is 3. The molecule has 0 aliphatic heterocycles. The zero-order valence-electron chi connectivity index (χ0n) is 20.7. The Morgan fingerprint density at radius 2 is 1.89 bits per heavy atom. The molecule has 0 saturated carbocycles. The van der Waals surface area contributed by atoms with Crippen LogP contribution in [0.2, 0.25) is 0 Å². The molecule has 0 N–H and O–H groups in total. The third-order valence-corrected chi connectivity index (χ3v) is 7.67. The molecule has 3 aromatic rings. The van der Waals surface area contributed by atoms with Crippen molar-refractivity contribution < 1.29 is 27.5 Å². The number of carbonyl (C=O) groups is 2. The van der Waals surface area contributed by atoms with E-state index in [4.69, 9.17) is 10.00 Å². The number of hydrogen-bond donors (Lipinski definition) is 0. The molecule has 2 aromatic carbocycles. The Morgan fingerprint density at radius 3 is 2.63 bits per heavy atom. The van der Waals surface area contributed by atoms with Crippen molar-refractivity contribution in [3.8, 4) is 6.07 Å². The van der Waals surface area contributed by atoms with Gasteiger partial charge in [0.05, 0.1) is 30.2 Å². The normalized spacial score (nSPS) is 14.9. The van der Waals surface area contributed by atoms with E-state index < -0.39 is 18.6 Å². The van der Waals surface area contributed by atoms with Gasteiger partial charge in [-0.15, -0.1) is 11.3 Å². The molecule has 1 aromatic heterocycles. The lowest BCUT2D eigenvalue weighted by Gasteiger charge is -2.21. The summed E-state index contributed by atoms with van der Waals surface area (Å²) in [6, 6.07) is 15.7. The van der Waals surface area contributed by atoms with E-state index in [2.05, 4.69) is 4.98 Å². The zero-order valence-corrected chi connectivity index (χ0v) is 21.5. The van der Waals surface area contributed by atoms with Crippen LogP contribution in [0, 0.1) is 17.2 Å². The molecular weight excluding hydrogens is 513 g/mol. The number of esters is 1. The number of aryl methyl sites for hydroxylation is 1. The van der Waals surface area contributed by atoms with Gasteiger partial charge in [-0.1, -0.05) is 30.3 Å². The summed E-state index contributed by atoms with van der Waals surface area (Å²) in [5.41, 5.74) is 3.43. The van der Waals surface area contributed by atoms with Crippen LogP contribution in [0.3, 0.4) is 0 Å². The number of benzene rings is 2. The number of aromatic nitrogens is 1. The second-order valence-corrected chi connectivity index (χ2v) is 10.7. The molecule has 5 nitrogen and oxygen atoms in total. The number of ether oxygens (including phenoxy) is 1. The summed E-state index contributed by atoms with van der Waals surface area (Å²) >= 11 is 1.48. The molecule has 0 fully saturated rings. The lowest BCUT2D eigenvalue weighted by molar-refractivity contribution is -0.144. The van der Waals surface area contributed by atoms with Gasteiger partial charge >= 0.3 is 12.1 Å². The average Bonchev–Trinajstić information content (AvgIpc) is 3.29. The Balaban J connectivity index is 1.28. The summed E-state index contributed by atoms with van der Waals surface area (Å²) in [5.74, 6) is -0.273. The molecule has 0 unspecified atom stereocenters. The molecule has 198 valence electrons. The summed E-state index contributed by atoms with van der Waals surface area (Å²) in [4.78, 5) is 30.9. The number of halogens is 3. The molecule has 0 radical (unpaired) electrons. The minimum atomic E-state index is -4.11. The largest absolute Gasteiger partial charge is 0.461 e. The second kappa shape index (κ2) is 12.4. The maximum absolute atomic E-state index is 12.9. The lowest BCUT2D eigenvalue weighted by atomic mass is 9.87. The van der Waals surface area contributed by atoms with Crippen molar-refractivity contribution in [2.45, 2.75) is 64.1 Å². The minimum absolute atomic E-state index is 0.0392. The van der Waals surface area contributed by atoms with Crippen LogP contribution in [0.1, 0.15) is 68.3 Å². The summed E-state index contributed by atoms with van der Waals surface area (Å²) in [5, 5.41) is 9.58. The first-order chi connectivity index (χ1) is 18.2. The van der Waals surface area contributed by atoms with Gasteiger partial charge in [-0.2, -0.15) is 18.4 Å². The molecule has 38 heavy (non-hydrogen) atoms. The smallest absolute Gasteiger partial charge is 0.389 e. The first-order valence-electron chi connectivity index (χ1n) is 12.5. The Morgan fingerprint density at radius 1 is 1.11 bits per heavy atom. The van der Waals surface area contributed by atoms with E-state index in [9.17, 15) is 22.8 Å². The molecule has 0 saturated heterocycles. The maximum atomic E-state index is 12.9. The maximum Gasteiger partial charge on any atom is 0.389 e. The number of carbonyl (C=O) groups excluding carboxylic acids is 2. The fourth-order valence-electron chi connectivity index (χ4n) is 4.56. The van der Waals surface area contributed by atoms with E-state index >= 15 is 0 Å². The van der Waals surface area contributed by atoms with Gasteiger partial charge in [0, 0.05) is 16.9 Å². The molecule has 0 spiro atoms. The molecule has 9 heteroatoms. The van der Waals surface area contributed by atoms with Gasteiger partial charge in [0.1, 0.15) is 11.6 Å². The number of Topliss-reactive ketones (excluding diaryl/α,β-unsaturated/α-hetero) is 1. The first-order valence-corrected chi connectivity index (χ1v) is 13.3. The summed E-state index contributed by atoms with van der Waals surface area (Å²) in [7, 11) is 0. The van der Waals surface area contributed by atoms with Crippen molar-refractivity contribution >= 4 is 23.1 Å². The van der Waals surface area contributed by atoms with Crippen LogP contribution in [-0.4, -0.2) is 22.9 Å². The molecule has 0 amide bonds. The fraction of sp³-hybridized carbons (Fsp3) is 0.379. The number of fused-ring (bicyclic) bond motifs is 1. The molecule has 0 bridgehead atoms. The van der Waals surface area contributed by atoms with Crippen LogP contribution < -0.4 is 0 Å². The van der Waals surface area contributed by atoms with Crippen LogP contribution in [-0.2, 0) is 41.8 Å². The van der Waals surface area contributed by atoms with Crippen LogP contribution in [0.25, 0.3) is 0 Å². The van der Waals surface area contributed by atoms with E-state index in [-0.39, 0.29) is 37.6 Å². The highest BCUT2D eigenvalue weighted by atomic mass is 32.1. The lowest BCUT2D eigenvalue weighted by Crippen LogP contribution is -2.14. The number of rotatable bonds is 10. The highest BCUT2D eigenvalue weighted by molar-refractivity contribution is 7.11. The predicted octanol–water partition coefficient (Wildman–Crippen LogP) is 6.56. The van der Waals surface area contributed by atoms with Gasteiger partial charge in [-0.05, 0) is 67.3 Å². The van der Waals surface area contributed by atoms with E-state index in [1.54, 1.807) is 48.5 Å². The van der Waals surface area contributed by atoms with E-state index in [0.29, 0.717) is 23.1 Å². The highest BCUT2D eigenvalue weighted by Gasteiger charge is 2.28. The third-order valence-electron chi connectivity index (χ3n) is 6.55. The van der Waals surface area contributed by atoms with Crippen LogP contribution in [0.5, 0.6) is 0 Å². The number of nitriles is 1. The Hall–Kier alpha value is -3.51. The van der Waals surface area contributed by atoms with Crippen molar-refractivity contribution in [3.05, 3.63) is 86.4 Å². The predicted molar refractivity (Wildman–Crippen MR) is 137 cm³/mol. The molecule has 1 heterocycles. The number of hydrogen-bond acceptors (Lipinski definition) is 6. The monoisotopic (exact) mass is 540 g/mol. The Kier molecular flexibility index (Phi) is 8.95. The van der Waals surface area contributed by atoms with E-state index in [1.807, 2.05) is 6.07 Å². The molecule has 1 aliphatic carbocycles. The fourth-order valence-corrected chi connectivity index (χ4v) is 5.79. The third kappa shape index (κ3) is 7.99. The Bertz CT molecular complexity index is 1330. The second-order valence-electron chi connectivity index (χ2n) is 9.54. The summed E-state index contributed by atoms with van der Waals surface area (Å²) in [6.07, 6.45) is -1.63. The van der Waals surface area contributed by atoms with Gasteiger partial charge in [0.2, 0.25) is 0 Å². The van der Waals surface area contributed by atoms with Crippen LogP contribution in [0.15, 0.2) is 48.5 Å². The molecule has 1 atom stereocenters. The number of ketones is 1. The SMILES string of the molecule is N#Cc1ccc(CC(=O)OCc2cccc(C(=O)Cc3nc4c(s3)C[C@@H](CCCC(F)(F)F)CC4)c2)cc1. The Labute approximate surface area is 223 Å². The van der Waals surface area contributed by atoms with Crippen molar-refractivity contribution in [1.29, 1.82) is 5.26 Å². The number of nitrogens with zero attached hydrogens (tertiary/aromatic N) is 2. The van der Waals surface area contributed by atoms with Gasteiger partial charge in [-0.3, -0.25) is 9.59 Å². The molecular formula is C29H27F3N2O3S. The standard InChI is InChI=1S/C29H27F3N2O3S/c30-29(31,32)12-2-4-19-10-11-24-26(14-19)38-27(34-24)16-25(35)23-5-1-3-22(13-23)18-37-28(36)15-20-6-8-21(17-33)9-7-20/h1,3,5-9,13,19H,2,4,10-12,14-16,18H2/t19-/m0/s1. The van der Waals surface area contributed by atoms with Crippen molar-refractivity contribution in [3.63, 3.8) is 0 Å². The minimum Gasteiger partial charge on any atom is -0.461 e. The van der Waals surface area contributed by atoms with Gasteiger partial charge in [-0.25, -0.2) is 4.98 Å². The quantitative estimate of drug-likeness (QED) is 0.215. The topological polar surface area (TPSA) is 80.0 Å². The van der Waals surface area contributed by atoms with Gasteiger partial charge in [0.25, 0.3) is 0 Å². The molecule has 4 rings (SSSR count). The van der Waals surface area contributed by atoms with E-state index in [0.717, 1.165) is 40.4 Å². The average molecular weight is 541 g/mol. The zero-order chi connectivity index (χ0) is 27.1.